The summed E-state index contributed by atoms with van der Waals surface area (Å²) in [5.74, 6) is 1.04. The zero-order chi connectivity index (χ0) is 15.2. The minimum absolute atomic E-state index is 0.855. The summed E-state index contributed by atoms with van der Waals surface area (Å²) >= 11 is 0. The molecule has 3 rings (SSSR count). The van der Waals surface area contributed by atoms with E-state index in [0.29, 0.717) is 0 Å². The van der Waals surface area contributed by atoms with E-state index in [4.69, 9.17) is 0 Å². The maximum atomic E-state index is 2.78. The molecule has 3 fully saturated rings. The van der Waals surface area contributed by atoms with Crippen LogP contribution in [0.2, 0.25) is 0 Å². The van der Waals surface area contributed by atoms with Crippen molar-refractivity contribution < 1.29 is 0 Å². The van der Waals surface area contributed by atoms with Gasteiger partial charge in [-0.15, -0.1) is 0 Å². The Bertz CT molecular complexity index is 304. The number of rotatable bonds is 5. The highest BCUT2D eigenvalue weighted by atomic mass is 15.3. The van der Waals surface area contributed by atoms with Crippen molar-refractivity contribution in [3.8, 4) is 0 Å². The standard InChI is InChI=1S/C19H37N3/c1-2-20-13-15-22(16-14-20)19-10-12-21(17-19)11-9-18-7-5-3-4-6-8-18/h18-19H,2-17H2,1H3. The van der Waals surface area contributed by atoms with Gasteiger partial charge in [-0.25, -0.2) is 0 Å². The van der Waals surface area contributed by atoms with Gasteiger partial charge in [0.05, 0.1) is 0 Å². The Morgan fingerprint density at radius 1 is 0.773 bits per heavy atom. The van der Waals surface area contributed by atoms with Gasteiger partial charge in [-0.1, -0.05) is 45.4 Å². The second-order valence-corrected chi connectivity index (χ2v) is 7.86. The summed E-state index contributed by atoms with van der Waals surface area (Å²) in [7, 11) is 0. The lowest BCUT2D eigenvalue weighted by Crippen LogP contribution is -2.50. The summed E-state index contributed by atoms with van der Waals surface area (Å²) in [6, 6.07) is 0.855. The average molecular weight is 308 g/mol. The van der Waals surface area contributed by atoms with Gasteiger partial charge in [0.15, 0.2) is 0 Å². The van der Waals surface area contributed by atoms with E-state index >= 15 is 0 Å². The van der Waals surface area contributed by atoms with Crippen LogP contribution in [-0.4, -0.2) is 73.1 Å². The Morgan fingerprint density at radius 3 is 2.18 bits per heavy atom. The molecule has 3 aliphatic rings. The third kappa shape index (κ3) is 4.69. The molecule has 2 saturated heterocycles. The van der Waals surface area contributed by atoms with Crippen molar-refractivity contribution >= 4 is 0 Å². The van der Waals surface area contributed by atoms with Gasteiger partial charge < -0.3 is 9.80 Å². The first-order chi connectivity index (χ1) is 10.8. The number of likely N-dealkylation sites (tertiary alicyclic amines) is 1. The third-order valence-corrected chi connectivity index (χ3v) is 6.45. The fraction of sp³-hybridized carbons (Fsp3) is 1.00. The molecule has 128 valence electrons. The Kier molecular flexibility index (Phi) is 6.58. The SMILES string of the molecule is CCN1CCN(C2CCN(CCC3CCCCCC3)C2)CC1. The Hall–Kier alpha value is -0.120. The lowest BCUT2D eigenvalue weighted by molar-refractivity contribution is 0.101. The molecule has 0 aromatic rings. The summed E-state index contributed by atoms with van der Waals surface area (Å²) in [5, 5.41) is 0. The van der Waals surface area contributed by atoms with E-state index in [1.165, 1.54) is 104 Å². The maximum absolute atomic E-state index is 2.78. The summed E-state index contributed by atoms with van der Waals surface area (Å²) in [6.07, 6.45) is 11.9. The molecule has 0 amide bonds. The molecule has 0 aromatic heterocycles. The van der Waals surface area contributed by atoms with Gasteiger partial charge in [0.2, 0.25) is 0 Å². The lowest BCUT2D eigenvalue weighted by Gasteiger charge is -2.37. The molecular formula is C19H37N3. The van der Waals surface area contributed by atoms with Crippen molar-refractivity contribution in [2.45, 2.75) is 64.3 Å². The first-order valence-electron chi connectivity index (χ1n) is 10.0. The average Bonchev–Trinajstić information content (AvgIpc) is 2.88. The van der Waals surface area contributed by atoms with Crippen LogP contribution in [0, 0.1) is 5.92 Å². The maximum Gasteiger partial charge on any atom is 0.0236 e. The predicted molar refractivity (Wildman–Crippen MR) is 94.3 cm³/mol. The molecule has 3 heteroatoms. The number of hydrogen-bond acceptors (Lipinski definition) is 3. The van der Waals surface area contributed by atoms with E-state index in [9.17, 15) is 0 Å². The van der Waals surface area contributed by atoms with Crippen LogP contribution in [0.15, 0.2) is 0 Å². The molecule has 2 aliphatic heterocycles. The fourth-order valence-corrected chi connectivity index (χ4v) is 4.78. The quantitative estimate of drug-likeness (QED) is 0.723. The number of piperazine rings is 1. The van der Waals surface area contributed by atoms with Crippen molar-refractivity contribution in [1.29, 1.82) is 0 Å². The first-order valence-corrected chi connectivity index (χ1v) is 10.0. The second kappa shape index (κ2) is 8.65. The fourth-order valence-electron chi connectivity index (χ4n) is 4.78. The zero-order valence-electron chi connectivity index (χ0n) is 14.8. The van der Waals surface area contributed by atoms with E-state index in [1.54, 1.807) is 0 Å². The van der Waals surface area contributed by atoms with Gasteiger partial charge in [-0.3, -0.25) is 4.90 Å². The van der Waals surface area contributed by atoms with E-state index in [2.05, 4.69) is 21.6 Å². The van der Waals surface area contributed by atoms with Crippen molar-refractivity contribution in [3.05, 3.63) is 0 Å². The molecule has 1 aliphatic carbocycles. The van der Waals surface area contributed by atoms with Crippen LogP contribution >= 0.6 is 0 Å². The Balaban J connectivity index is 1.35. The normalized spacial score (nSPS) is 30.7. The molecular weight excluding hydrogens is 270 g/mol. The van der Waals surface area contributed by atoms with Crippen LogP contribution in [0.5, 0.6) is 0 Å². The molecule has 22 heavy (non-hydrogen) atoms. The molecule has 0 aromatic carbocycles. The highest BCUT2D eigenvalue weighted by molar-refractivity contribution is 4.86. The smallest absolute Gasteiger partial charge is 0.0236 e. The molecule has 0 N–H and O–H groups in total. The van der Waals surface area contributed by atoms with Crippen molar-refractivity contribution in [2.24, 2.45) is 5.92 Å². The largest absolute Gasteiger partial charge is 0.302 e. The van der Waals surface area contributed by atoms with Gasteiger partial charge in [0.25, 0.3) is 0 Å². The topological polar surface area (TPSA) is 9.72 Å². The molecule has 2 heterocycles. The van der Waals surface area contributed by atoms with E-state index in [-0.39, 0.29) is 0 Å². The summed E-state index contributed by atoms with van der Waals surface area (Å²) in [4.78, 5) is 8.13. The van der Waals surface area contributed by atoms with E-state index in [0.717, 1.165) is 12.0 Å². The van der Waals surface area contributed by atoms with Crippen molar-refractivity contribution in [2.75, 3.05) is 52.4 Å². The third-order valence-electron chi connectivity index (χ3n) is 6.45. The van der Waals surface area contributed by atoms with Crippen LogP contribution in [0.1, 0.15) is 58.3 Å². The van der Waals surface area contributed by atoms with Crippen molar-refractivity contribution in [3.63, 3.8) is 0 Å². The number of nitrogens with zero attached hydrogens (tertiary/aromatic N) is 3. The summed E-state index contributed by atoms with van der Waals surface area (Å²) < 4.78 is 0. The minimum Gasteiger partial charge on any atom is -0.302 e. The van der Waals surface area contributed by atoms with Gasteiger partial charge in [-0.2, -0.15) is 0 Å². The van der Waals surface area contributed by atoms with Crippen LogP contribution < -0.4 is 0 Å². The number of hydrogen-bond donors (Lipinski definition) is 0. The molecule has 0 radical (unpaired) electrons. The van der Waals surface area contributed by atoms with Gasteiger partial charge in [-0.05, 0) is 38.4 Å². The van der Waals surface area contributed by atoms with Crippen LogP contribution in [-0.2, 0) is 0 Å². The van der Waals surface area contributed by atoms with Crippen molar-refractivity contribution in [1.82, 2.24) is 14.7 Å². The predicted octanol–water partition coefficient (Wildman–Crippen LogP) is 3.06. The monoisotopic (exact) mass is 307 g/mol. The van der Waals surface area contributed by atoms with Crippen LogP contribution in [0.3, 0.4) is 0 Å². The molecule has 1 atom stereocenters. The number of likely N-dealkylation sites (N-methyl/N-ethyl adjacent to an activating group) is 1. The lowest BCUT2D eigenvalue weighted by atomic mass is 9.96. The van der Waals surface area contributed by atoms with Crippen LogP contribution in [0.4, 0.5) is 0 Å². The minimum atomic E-state index is 0.855. The molecule has 1 unspecified atom stereocenters. The molecule has 3 nitrogen and oxygen atoms in total. The highest BCUT2D eigenvalue weighted by Crippen LogP contribution is 2.26. The molecule has 0 bridgehead atoms. The van der Waals surface area contributed by atoms with E-state index in [1.807, 2.05) is 0 Å². The van der Waals surface area contributed by atoms with Gasteiger partial charge >= 0.3 is 0 Å². The zero-order valence-corrected chi connectivity index (χ0v) is 14.8. The summed E-state index contributed by atoms with van der Waals surface area (Å²) in [5.41, 5.74) is 0. The summed E-state index contributed by atoms with van der Waals surface area (Å²) in [6.45, 7) is 12.8. The molecule has 1 saturated carbocycles. The Morgan fingerprint density at radius 2 is 1.50 bits per heavy atom. The first kappa shape index (κ1) is 16.7. The Labute approximate surface area is 138 Å². The molecule has 0 spiro atoms. The second-order valence-electron chi connectivity index (χ2n) is 7.86. The van der Waals surface area contributed by atoms with Gasteiger partial charge in [0.1, 0.15) is 0 Å². The van der Waals surface area contributed by atoms with E-state index < -0.39 is 0 Å². The van der Waals surface area contributed by atoms with Gasteiger partial charge in [0, 0.05) is 38.8 Å². The highest BCUT2D eigenvalue weighted by Gasteiger charge is 2.29. The van der Waals surface area contributed by atoms with Crippen LogP contribution in [0.25, 0.3) is 0 Å².